The summed E-state index contributed by atoms with van der Waals surface area (Å²) in [5.41, 5.74) is -0.676. The molecule has 0 bridgehead atoms. The third kappa shape index (κ3) is 4.41. The van der Waals surface area contributed by atoms with Crippen molar-refractivity contribution in [3.63, 3.8) is 0 Å². The number of hydrogen-bond acceptors (Lipinski definition) is 7. The van der Waals surface area contributed by atoms with Crippen LogP contribution in [0, 0.1) is 0 Å². The molecule has 0 spiro atoms. The molecule has 4 aromatic heterocycles. The van der Waals surface area contributed by atoms with Gasteiger partial charge in [-0.25, -0.2) is 24.1 Å². The Morgan fingerprint density at radius 3 is 2.18 bits per heavy atom. The molecular formula is C24H17ClF3N7O3. The summed E-state index contributed by atoms with van der Waals surface area (Å²) in [5.74, 6) is 0. The Morgan fingerprint density at radius 2 is 1.61 bits per heavy atom. The van der Waals surface area contributed by atoms with Crippen LogP contribution in [0.1, 0.15) is 11.3 Å². The lowest BCUT2D eigenvalue weighted by atomic mass is 9.98. The Balaban J connectivity index is 1.82. The van der Waals surface area contributed by atoms with Crippen molar-refractivity contribution in [1.82, 2.24) is 33.9 Å². The van der Waals surface area contributed by atoms with Crippen molar-refractivity contribution < 1.29 is 17.9 Å². The third-order valence-corrected chi connectivity index (χ3v) is 6.00. The van der Waals surface area contributed by atoms with E-state index in [4.69, 9.17) is 16.3 Å². The molecule has 0 atom stereocenters. The number of rotatable bonds is 5. The van der Waals surface area contributed by atoms with E-state index in [-0.39, 0.29) is 34.9 Å². The van der Waals surface area contributed by atoms with E-state index >= 15 is 0 Å². The normalized spacial score (nSPS) is 11.7. The minimum Gasteiger partial charge on any atom is -0.467 e. The number of hydrogen-bond donors (Lipinski definition) is 0. The lowest BCUT2D eigenvalue weighted by molar-refractivity contribution is -0.141. The Hall–Kier alpha value is -4.52. The number of aromatic nitrogens is 7. The van der Waals surface area contributed by atoms with Crippen molar-refractivity contribution in [3.05, 3.63) is 92.1 Å². The summed E-state index contributed by atoms with van der Waals surface area (Å²) in [5, 5.41) is 4.79. The summed E-state index contributed by atoms with van der Waals surface area (Å²) < 4.78 is 47.2. The van der Waals surface area contributed by atoms with Crippen LogP contribution in [-0.4, -0.2) is 41.0 Å². The average Bonchev–Trinajstić information content (AvgIpc) is 3.19. The molecule has 5 rings (SSSR count). The van der Waals surface area contributed by atoms with Crippen LogP contribution in [-0.2, 0) is 19.8 Å². The van der Waals surface area contributed by atoms with Crippen LogP contribution in [0.25, 0.3) is 27.9 Å². The van der Waals surface area contributed by atoms with Gasteiger partial charge in [0.15, 0.2) is 5.65 Å². The molecule has 0 unspecified atom stereocenters. The predicted molar refractivity (Wildman–Crippen MR) is 131 cm³/mol. The van der Waals surface area contributed by atoms with Gasteiger partial charge >= 0.3 is 17.9 Å². The van der Waals surface area contributed by atoms with E-state index < -0.39 is 23.1 Å². The van der Waals surface area contributed by atoms with E-state index in [1.54, 1.807) is 24.3 Å². The monoisotopic (exact) mass is 543 g/mol. The SMILES string of the molecule is COc1ncc(-c2c(-c3ccc(Cl)cc3)c(=O)n(Cc3ccc(C(F)(F)F)nc3)n3c(=O)n(C)nc23)cn1. The Bertz CT molecular complexity index is 1760. The molecule has 14 heteroatoms. The molecule has 0 saturated heterocycles. The second kappa shape index (κ2) is 9.41. The first-order valence-corrected chi connectivity index (χ1v) is 11.3. The maximum absolute atomic E-state index is 14.0. The van der Waals surface area contributed by atoms with Gasteiger partial charge in [-0.2, -0.15) is 17.7 Å². The number of halogens is 4. The second-order valence-corrected chi connectivity index (χ2v) is 8.61. The summed E-state index contributed by atoms with van der Waals surface area (Å²) in [7, 11) is 2.82. The molecule has 0 fully saturated rings. The molecule has 0 amide bonds. The molecule has 10 nitrogen and oxygen atoms in total. The second-order valence-electron chi connectivity index (χ2n) is 8.17. The first-order valence-electron chi connectivity index (χ1n) is 11.0. The topological polar surface area (TPSA) is 109 Å². The summed E-state index contributed by atoms with van der Waals surface area (Å²) in [6.07, 6.45) is -0.741. The van der Waals surface area contributed by atoms with Crippen molar-refractivity contribution in [3.8, 4) is 28.3 Å². The van der Waals surface area contributed by atoms with Crippen LogP contribution in [0.15, 0.2) is 64.6 Å². The number of benzene rings is 1. The van der Waals surface area contributed by atoms with E-state index in [0.717, 1.165) is 26.1 Å². The minimum atomic E-state index is -4.62. The molecule has 0 N–H and O–H groups in total. The standard InChI is InChI=1S/C24H17ClF3N7O3/c1-33-23(37)35-20(32-33)18(15-10-30-22(38-2)31-11-15)19(14-4-6-16(25)7-5-14)21(36)34(35)12-13-3-8-17(29-9-13)24(26,27)28/h3-11H,12H2,1-2H3. The van der Waals surface area contributed by atoms with Gasteiger partial charge in [-0.05, 0) is 29.3 Å². The van der Waals surface area contributed by atoms with Gasteiger partial charge in [0.2, 0.25) is 0 Å². The largest absolute Gasteiger partial charge is 0.467 e. The molecule has 0 aliphatic rings. The zero-order chi connectivity index (χ0) is 27.2. The Morgan fingerprint density at radius 1 is 0.921 bits per heavy atom. The van der Waals surface area contributed by atoms with Gasteiger partial charge in [0.05, 0.1) is 19.2 Å². The van der Waals surface area contributed by atoms with Crippen LogP contribution < -0.4 is 16.0 Å². The summed E-state index contributed by atoms with van der Waals surface area (Å²) in [6, 6.07) is 8.57. The van der Waals surface area contributed by atoms with Crippen LogP contribution in [0.5, 0.6) is 6.01 Å². The number of nitrogens with zero attached hydrogens (tertiary/aromatic N) is 7. The quantitative estimate of drug-likeness (QED) is 0.334. The molecule has 0 saturated carbocycles. The van der Waals surface area contributed by atoms with Gasteiger partial charge in [-0.15, -0.1) is 5.10 Å². The number of fused-ring (bicyclic) bond motifs is 1. The maximum Gasteiger partial charge on any atom is 0.433 e. The fourth-order valence-corrected chi connectivity index (χ4v) is 4.10. The zero-order valence-corrected chi connectivity index (χ0v) is 20.5. The summed E-state index contributed by atoms with van der Waals surface area (Å²) in [6.45, 7) is -0.258. The first kappa shape index (κ1) is 25.1. The highest BCUT2D eigenvalue weighted by atomic mass is 35.5. The smallest absolute Gasteiger partial charge is 0.433 e. The third-order valence-electron chi connectivity index (χ3n) is 5.75. The average molecular weight is 544 g/mol. The van der Waals surface area contributed by atoms with Gasteiger partial charge in [0, 0.05) is 41.8 Å². The summed E-state index contributed by atoms with van der Waals surface area (Å²) >= 11 is 6.07. The minimum absolute atomic E-state index is 0.0966. The van der Waals surface area contributed by atoms with E-state index in [0.29, 0.717) is 16.1 Å². The van der Waals surface area contributed by atoms with Crippen molar-refractivity contribution in [2.75, 3.05) is 7.11 Å². The number of aryl methyl sites for hydroxylation is 1. The van der Waals surface area contributed by atoms with Crippen LogP contribution >= 0.6 is 11.6 Å². The maximum atomic E-state index is 14.0. The number of alkyl halides is 3. The molecular weight excluding hydrogens is 527 g/mol. The summed E-state index contributed by atoms with van der Waals surface area (Å²) in [4.78, 5) is 38.9. The highest BCUT2D eigenvalue weighted by Crippen LogP contribution is 2.33. The van der Waals surface area contributed by atoms with Gasteiger partial charge in [-0.3, -0.25) is 9.78 Å². The highest BCUT2D eigenvalue weighted by Gasteiger charge is 2.32. The molecule has 0 aliphatic carbocycles. The van der Waals surface area contributed by atoms with E-state index in [9.17, 15) is 22.8 Å². The van der Waals surface area contributed by atoms with Gasteiger partial charge in [0.25, 0.3) is 5.56 Å². The number of methoxy groups -OCH3 is 1. The lowest BCUT2D eigenvalue weighted by Crippen LogP contribution is -2.35. The van der Waals surface area contributed by atoms with E-state index in [1.807, 2.05) is 0 Å². The van der Waals surface area contributed by atoms with Crippen LogP contribution in [0.2, 0.25) is 5.02 Å². The fraction of sp³-hybridized carbons (Fsp3) is 0.167. The Kier molecular flexibility index (Phi) is 6.23. The zero-order valence-electron chi connectivity index (χ0n) is 19.8. The van der Waals surface area contributed by atoms with Crippen LogP contribution in [0.3, 0.4) is 0 Å². The van der Waals surface area contributed by atoms with Gasteiger partial charge in [0.1, 0.15) is 5.69 Å². The van der Waals surface area contributed by atoms with Crippen LogP contribution in [0.4, 0.5) is 13.2 Å². The molecule has 38 heavy (non-hydrogen) atoms. The van der Waals surface area contributed by atoms with Gasteiger partial charge in [-0.1, -0.05) is 29.8 Å². The van der Waals surface area contributed by atoms with Crippen molar-refractivity contribution in [2.45, 2.75) is 12.7 Å². The van der Waals surface area contributed by atoms with Crippen molar-refractivity contribution >= 4 is 17.2 Å². The molecule has 194 valence electrons. The Labute approximate surface area is 216 Å². The fourth-order valence-electron chi connectivity index (χ4n) is 3.98. The molecule has 1 aromatic carbocycles. The lowest BCUT2D eigenvalue weighted by Gasteiger charge is -2.16. The van der Waals surface area contributed by atoms with E-state index in [1.165, 1.54) is 32.6 Å². The van der Waals surface area contributed by atoms with E-state index in [2.05, 4.69) is 20.1 Å². The molecule has 0 aliphatic heterocycles. The molecule has 5 aromatic rings. The highest BCUT2D eigenvalue weighted by molar-refractivity contribution is 6.30. The number of pyridine rings is 1. The molecule has 4 heterocycles. The van der Waals surface area contributed by atoms with Gasteiger partial charge < -0.3 is 4.74 Å². The predicted octanol–water partition coefficient (Wildman–Crippen LogP) is 3.44. The van der Waals surface area contributed by atoms with Crippen molar-refractivity contribution in [1.29, 1.82) is 0 Å². The van der Waals surface area contributed by atoms with Crippen molar-refractivity contribution in [2.24, 2.45) is 7.05 Å². The first-order chi connectivity index (χ1) is 18.1. The number of ether oxygens (including phenoxy) is 1. The molecule has 0 radical (unpaired) electrons.